The Labute approximate surface area is 109 Å². The van der Waals surface area contributed by atoms with Gasteiger partial charge >= 0.3 is 0 Å². The molecule has 1 aliphatic heterocycles. The van der Waals surface area contributed by atoms with E-state index in [1.54, 1.807) is 0 Å². The number of nitrogens with zero attached hydrogens (tertiary/aromatic N) is 1. The number of hydrogen-bond acceptors (Lipinski definition) is 2. The molecule has 0 saturated carbocycles. The second-order valence-electron chi connectivity index (χ2n) is 5.14. The lowest BCUT2D eigenvalue weighted by molar-refractivity contribution is 0.157. The molecule has 0 radical (unpaired) electrons. The number of halogens is 1. The first kappa shape index (κ1) is 13.5. The Kier molecular flexibility index (Phi) is 4.72. The molecule has 1 fully saturated rings. The van der Waals surface area contributed by atoms with Crippen LogP contribution in [0.3, 0.4) is 0 Å². The summed E-state index contributed by atoms with van der Waals surface area (Å²) in [6.45, 7) is 8.03. The number of alkyl halides is 1. The van der Waals surface area contributed by atoms with Crippen LogP contribution in [0.5, 0.6) is 0 Å². The molecule has 100 valence electrons. The van der Waals surface area contributed by atoms with Gasteiger partial charge in [-0.05, 0) is 31.4 Å². The molecule has 0 bridgehead atoms. The van der Waals surface area contributed by atoms with Gasteiger partial charge in [0.25, 0.3) is 0 Å². The average Bonchev–Trinajstić information content (AvgIpc) is 2.38. The highest BCUT2D eigenvalue weighted by Crippen LogP contribution is 2.28. The van der Waals surface area contributed by atoms with Gasteiger partial charge in [0.15, 0.2) is 0 Å². The number of hydrogen-bond donors (Lipinski definition) is 1. The SMILES string of the molecule is Cc1ccc([C@H](CCF)N2CCNCC2)c(C)c1. The molecule has 0 aromatic heterocycles. The first-order valence-corrected chi connectivity index (χ1v) is 6.80. The van der Waals surface area contributed by atoms with Crippen LogP contribution in [0.4, 0.5) is 4.39 Å². The summed E-state index contributed by atoms with van der Waals surface area (Å²) in [4.78, 5) is 2.41. The van der Waals surface area contributed by atoms with E-state index in [-0.39, 0.29) is 12.7 Å². The molecule has 0 spiro atoms. The van der Waals surface area contributed by atoms with Gasteiger partial charge < -0.3 is 5.32 Å². The molecule has 18 heavy (non-hydrogen) atoms. The van der Waals surface area contributed by atoms with E-state index in [9.17, 15) is 4.39 Å². The van der Waals surface area contributed by atoms with Gasteiger partial charge in [-0.15, -0.1) is 0 Å². The summed E-state index contributed by atoms with van der Waals surface area (Å²) >= 11 is 0. The largest absolute Gasteiger partial charge is 0.314 e. The number of piperazine rings is 1. The molecule has 0 aliphatic carbocycles. The summed E-state index contributed by atoms with van der Waals surface area (Å²) in [7, 11) is 0. The molecule has 1 aromatic carbocycles. The third-order valence-electron chi connectivity index (χ3n) is 3.76. The predicted octanol–water partition coefficient (Wildman–Crippen LogP) is 2.61. The fourth-order valence-electron chi connectivity index (χ4n) is 2.83. The smallest absolute Gasteiger partial charge is 0.0912 e. The summed E-state index contributed by atoms with van der Waals surface area (Å²) in [6, 6.07) is 6.74. The maximum absolute atomic E-state index is 12.9. The Morgan fingerprint density at radius 2 is 2.00 bits per heavy atom. The number of nitrogens with one attached hydrogen (secondary N) is 1. The van der Waals surface area contributed by atoms with E-state index in [1.807, 2.05) is 0 Å². The fraction of sp³-hybridized carbons (Fsp3) is 0.600. The summed E-state index contributed by atoms with van der Waals surface area (Å²) in [5.41, 5.74) is 3.85. The summed E-state index contributed by atoms with van der Waals surface area (Å²) < 4.78 is 12.9. The standard InChI is InChI=1S/C15H23FN2/c1-12-3-4-14(13(2)11-12)15(5-6-16)18-9-7-17-8-10-18/h3-4,11,15,17H,5-10H2,1-2H3/t15-/m0/s1. The molecule has 1 atom stereocenters. The highest BCUT2D eigenvalue weighted by molar-refractivity contribution is 5.33. The lowest BCUT2D eigenvalue weighted by Crippen LogP contribution is -2.45. The first-order valence-electron chi connectivity index (χ1n) is 6.80. The predicted molar refractivity (Wildman–Crippen MR) is 73.7 cm³/mol. The maximum Gasteiger partial charge on any atom is 0.0912 e. The van der Waals surface area contributed by atoms with Crippen LogP contribution in [0.2, 0.25) is 0 Å². The van der Waals surface area contributed by atoms with Crippen molar-refractivity contribution < 1.29 is 4.39 Å². The van der Waals surface area contributed by atoms with E-state index in [0.29, 0.717) is 6.42 Å². The van der Waals surface area contributed by atoms with Crippen molar-refractivity contribution in [3.8, 4) is 0 Å². The Morgan fingerprint density at radius 1 is 1.28 bits per heavy atom. The first-order chi connectivity index (χ1) is 8.72. The zero-order chi connectivity index (χ0) is 13.0. The minimum absolute atomic E-state index is 0.234. The summed E-state index contributed by atoms with van der Waals surface area (Å²) in [5, 5.41) is 3.35. The van der Waals surface area contributed by atoms with E-state index < -0.39 is 0 Å². The molecule has 1 N–H and O–H groups in total. The second kappa shape index (κ2) is 6.30. The van der Waals surface area contributed by atoms with Crippen LogP contribution in [-0.4, -0.2) is 37.8 Å². The minimum Gasteiger partial charge on any atom is -0.314 e. The van der Waals surface area contributed by atoms with Crippen LogP contribution >= 0.6 is 0 Å². The lowest BCUT2D eigenvalue weighted by Gasteiger charge is -2.35. The maximum atomic E-state index is 12.9. The molecule has 1 aliphatic rings. The van der Waals surface area contributed by atoms with E-state index in [0.717, 1.165) is 26.2 Å². The second-order valence-corrected chi connectivity index (χ2v) is 5.14. The topological polar surface area (TPSA) is 15.3 Å². The van der Waals surface area contributed by atoms with Crippen LogP contribution in [0, 0.1) is 13.8 Å². The Morgan fingerprint density at radius 3 is 2.61 bits per heavy atom. The van der Waals surface area contributed by atoms with E-state index in [4.69, 9.17) is 0 Å². The van der Waals surface area contributed by atoms with Crippen LogP contribution in [0.15, 0.2) is 18.2 Å². The fourth-order valence-corrected chi connectivity index (χ4v) is 2.83. The molecule has 2 nitrogen and oxygen atoms in total. The van der Waals surface area contributed by atoms with Crippen molar-refractivity contribution in [2.24, 2.45) is 0 Å². The van der Waals surface area contributed by atoms with Crippen molar-refractivity contribution in [3.05, 3.63) is 34.9 Å². The van der Waals surface area contributed by atoms with Gasteiger partial charge in [0, 0.05) is 32.2 Å². The van der Waals surface area contributed by atoms with E-state index in [2.05, 4.69) is 42.3 Å². The molecule has 1 heterocycles. The van der Waals surface area contributed by atoms with Gasteiger partial charge in [0.1, 0.15) is 0 Å². The minimum atomic E-state index is -0.248. The third-order valence-corrected chi connectivity index (χ3v) is 3.76. The Hall–Kier alpha value is -0.930. The van der Waals surface area contributed by atoms with Crippen molar-refractivity contribution in [2.45, 2.75) is 26.3 Å². The van der Waals surface area contributed by atoms with Crippen molar-refractivity contribution in [1.29, 1.82) is 0 Å². The van der Waals surface area contributed by atoms with E-state index >= 15 is 0 Å². The number of aryl methyl sites for hydroxylation is 2. The molecule has 2 rings (SSSR count). The molecule has 1 aromatic rings. The van der Waals surface area contributed by atoms with Crippen molar-refractivity contribution in [3.63, 3.8) is 0 Å². The van der Waals surface area contributed by atoms with Gasteiger partial charge in [0.05, 0.1) is 6.67 Å². The van der Waals surface area contributed by atoms with Crippen LogP contribution in [-0.2, 0) is 0 Å². The number of rotatable bonds is 4. The molecular weight excluding hydrogens is 227 g/mol. The van der Waals surface area contributed by atoms with Crippen LogP contribution < -0.4 is 5.32 Å². The third kappa shape index (κ3) is 3.09. The van der Waals surface area contributed by atoms with Crippen molar-refractivity contribution in [2.75, 3.05) is 32.9 Å². The highest BCUT2D eigenvalue weighted by Gasteiger charge is 2.22. The van der Waals surface area contributed by atoms with Crippen LogP contribution in [0.1, 0.15) is 29.2 Å². The quantitative estimate of drug-likeness (QED) is 0.883. The summed E-state index contributed by atoms with van der Waals surface area (Å²) in [6.07, 6.45) is 0.601. The highest BCUT2D eigenvalue weighted by atomic mass is 19.1. The Bertz CT molecular complexity index is 386. The van der Waals surface area contributed by atoms with Gasteiger partial charge in [-0.2, -0.15) is 0 Å². The zero-order valence-corrected chi connectivity index (χ0v) is 11.4. The number of benzene rings is 1. The zero-order valence-electron chi connectivity index (χ0n) is 11.4. The monoisotopic (exact) mass is 250 g/mol. The van der Waals surface area contributed by atoms with E-state index in [1.165, 1.54) is 16.7 Å². The molecule has 0 amide bonds. The lowest BCUT2D eigenvalue weighted by atomic mass is 9.95. The molecule has 1 saturated heterocycles. The molecule has 3 heteroatoms. The van der Waals surface area contributed by atoms with Crippen molar-refractivity contribution in [1.82, 2.24) is 10.2 Å². The van der Waals surface area contributed by atoms with Crippen LogP contribution in [0.25, 0.3) is 0 Å². The molecule has 0 unspecified atom stereocenters. The Balaban J connectivity index is 2.22. The molecular formula is C15H23FN2. The average molecular weight is 250 g/mol. The van der Waals surface area contributed by atoms with Gasteiger partial charge in [-0.3, -0.25) is 9.29 Å². The van der Waals surface area contributed by atoms with Gasteiger partial charge in [-0.25, -0.2) is 0 Å². The van der Waals surface area contributed by atoms with Gasteiger partial charge in [-0.1, -0.05) is 23.8 Å². The normalized spacial score (nSPS) is 18.8. The summed E-state index contributed by atoms with van der Waals surface area (Å²) in [5.74, 6) is 0. The van der Waals surface area contributed by atoms with Crippen molar-refractivity contribution >= 4 is 0 Å². The van der Waals surface area contributed by atoms with Gasteiger partial charge in [0.2, 0.25) is 0 Å².